The molecule has 3 aromatic carbocycles. The summed E-state index contributed by atoms with van der Waals surface area (Å²) in [6.07, 6.45) is 2.04. The number of nitriles is 1. The smallest absolute Gasteiger partial charge is 0.337 e. The van der Waals surface area contributed by atoms with Crippen LogP contribution in [0, 0.1) is 11.3 Å². The quantitative estimate of drug-likeness (QED) is 0.462. The molecule has 0 saturated heterocycles. The summed E-state index contributed by atoms with van der Waals surface area (Å²) in [5.74, 6) is -0.202. The number of hydrogen-bond acceptors (Lipinski definition) is 5. The van der Waals surface area contributed by atoms with Gasteiger partial charge in [-0.15, -0.1) is 0 Å². The SMILES string of the molecule is N#Cc1ccc(Oc2ccc3c(c2)C[C@@H](NC[C@H](O)c2cccc(Cl)c2)CC3)cc1C(=O)O. The highest BCUT2D eigenvalue weighted by molar-refractivity contribution is 6.30. The Hall–Kier alpha value is -3.37. The lowest BCUT2D eigenvalue weighted by molar-refractivity contribution is 0.0696. The number of aliphatic hydroxyl groups is 1. The van der Waals surface area contributed by atoms with Crippen molar-refractivity contribution in [1.29, 1.82) is 5.26 Å². The van der Waals surface area contributed by atoms with Gasteiger partial charge in [-0.3, -0.25) is 0 Å². The summed E-state index contributed by atoms with van der Waals surface area (Å²) < 4.78 is 5.89. The highest BCUT2D eigenvalue weighted by atomic mass is 35.5. The molecule has 0 amide bonds. The Morgan fingerprint density at radius 2 is 1.94 bits per heavy atom. The maximum atomic E-state index is 11.4. The van der Waals surface area contributed by atoms with Crippen LogP contribution in [0.15, 0.2) is 60.7 Å². The van der Waals surface area contributed by atoms with E-state index in [0.29, 0.717) is 23.1 Å². The van der Waals surface area contributed by atoms with Crippen LogP contribution in [0.3, 0.4) is 0 Å². The van der Waals surface area contributed by atoms with Gasteiger partial charge in [0.05, 0.1) is 17.2 Å². The first-order chi connectivity index (χ1) is 15.9. The monoisotopic (exact) mass is 462 g/mol. The number of benzene rings is 3. The minimum absolute atomic E-state index is 0.0875. The van der Waals surface area contributed by atoms with Crippen LogP contribution in [0.4, 0.5) is 0 Å². The van der Waals surface area contributed by atoms with Crippen LogP contribution >= 0.6 is 11.6 Å². The van der Waals surface area contributed by atoms with Crippen LogP contribution in [0.5, 0.6) is 11.5 Å². The first kappa shape index (κ1) is 22.8. The second-order valence-corrected chi connectivity index (χ2v) is 8.51. The molecule has 0 unspecified atom stereocenters. The van der Waals surface area contributed by atoms with Gasteiger partial charge in [-0.25, -0.2) is 4.79 Å². The number of carboxylic acid groups (broad SMARTS) is 1. The van der Waals surface area contributed by atoms with Crippen LogP contribution < -0.4 is 10.1 Å². The number of carboxylic acids is 1. The lowest BCUT2D eigenvalue weighted by atomic mass is 9.88. The number of nitrogens with zero attached hydrogens (tertiary/aromatic N) is 1. The zero-order valence-electron chi connectivity index (χ0n) is 17.8. The van der Waals surface area contributed by atoms with Gasteiger partial charge in [0.1, 0.15) is 17.6 Å². The van der Waals surface area contributed by atoms with E-state index >= 15 is 0 Å². The zero-order valence-corrected chi connectivity index (χ0v) is 18.5. The van der Waals surface area contributed by atoms with E-state index in [9.17, 15) is 15.0 Å². The van der Waals surface area contributed by atoms with Crippen molar-refractivity contribution in [3.63, 3.8) is 0 Å². The average molecular weight is 463 g/mol. The molecule has 33 heavy (non-hydrogen) atoms. The van der Waals surface area contributed by atoms with Gasteiger partial charge in [0, 0.05) is 17.6 Å². The van der Waals surface area contributed by atoms with Crippen molar-refractivity contribution in [2.75, 3.05) is 6.54 Å². The van der Waals surface area contributed by atoms with Crippen molar-refractivity contribution in [3.8, 4) is 17.6 Å². The molecule has 2 atom stereocenters. The standard InChI is InChI=1S/C26H23ClN2O4/c27-20-3-1-2-17(10-20)25(30)15-29-21-7-4-16-5-8-22(12-19(16)11-21)33-23-9-6-18(14-28)24(13-23)26(31)32/h1-3,5-6,8-10,12-13,21,25,29-30H,4,7,11,15H2,(H,31,32)/t21-,25-/m0/s1. The maximum absolute atomic E-state index is 11.4. The van der Waals surface area contributed by atoms with Gasteiger partial charge in [0.2, 0.25) is 0 Å². The van der Waals surface area contributed by atoms with Crippen molar-refractivity contribution in [3.05, 3.63) is 93.5 Å². The van der Waals surface area contributed by atoms with Gasteiger partial charge in [-0.2, -0.15) is 5.26 Å². The van der Waals surface area contributed by atoms with Gasteiger partial charge < -0.3 is 20.3 Å². The lowest BCUT2D eigenvalue weighted by Crippen LogP contribution is -2.37. The topological polar surface area (TPSA) is 103 Å². The maximum Gasteiger partial charge on any atom is 0.337 e. The number of nitrogens with one attached hydrogen (secondary N) is 1. The predicted molar refractivity (Wildman–Crippen MR) is 125 cm³/mol. The summed E-state index contributed by atoms with van der Waals surface area (Å²) in [5, 5.41) is 32.9. The fourth-order valence-electron chi connectivity index (χ4n) is 4.08. The third-order valence-corrected chi connectivity index (χ3v) is 6.05. The summed E-state index contributed by atoms with van der Waals surface area (Å²) >= 11 is 6.02. The molecule has 0 heterocycles. The molecule has 0 spiro atoms. The van der Waals surface area contributed by atoms with Crippen molar-refractivity contribution < 1.29 is 19.7 Å². The van der Waals surface area contributed by atoms with Crippen LogP contribution in [0.1, 0.15) is 45.1 Å². The third-order valence-electron chi connectivity index (χ3n) is 5.82. The predicted octanol–water partition coefficient (Wildman–Crippen LogP) is 4.88. The minimum Gasteiger partial charge on any atom is -0.478 e. The highest BCUT2D eigenvalue weighted by Gasteiger charge is 2.20. The van der Waals surface area contributed by atoms with E-state index in [1.807, 2.05) is 36.4 Å². The Kier molecular flexibility index (Phi) is 6.95. The number of aliphatic hydroxyl groups excluding tert-OH is 1. The molecule has 6 nitrogen and oxygen atoms in total. The van der Waals surface area contributed by atoms with Crippen molar-refractivity contribution in [1.82, 2.24) is 5.32 Å². The number of aryl methyl sites for hydroxylation is 1. The van der Waals surface area contributed by atoms with Crippen molar-refractivity contribution >= 4 is 17.6 Å². The first-order valence-corrected chi connectivity index (χ1v) is 11.0. The van der Waals surface area contributed by atoms with Gasteiger partial charge in [-0.05, 0) is 78.4 Å². The minimum atomic E-state index is -1.17. The van der Waals surface area contributed by atoms with Gasteiger partial charge in [-0.1, -0.05) is 29.8 Å². The number of hydrogen-bond donors (Lipinski definition) is 3. The summed E-state index contributed by atoms with van der Waals surface area (Å²) in [7, 11) is 0. The molecule has 3 aromatic rings. The van der Waals surface area contributed by atoms with E-state index in [4.69, 9.17) is 21.6 Å². The molecule has 0 saturated carbocycles. The number of ether oxygens (including phenoxy) is 1. The Morgan fingerprint density at radius 3 is 2.70 bits per heavy atom. The number of aromatic carboxylic acids is 1. The number of halogens is 1. The molecule has 4 rings (SSSR count). The third kappa shape index (κ3) is 5.52. The van der Waals surface area contributed by atoms with Crippen molar-refractivity contribution in [2.45, 2.75) is 31.4 Å². The molecule has 168 valence electrons. The average Bonchev–Trinajstić information content (AvgIpc) is 2.82. The van der Waals surface area contributed by atoms with Gasteiger partial charge in [0.15, 0.2) is 0 Å². The van der Waals surface area contributed by atoms with Gasteiger partial charge >= 0.3 is 5.97 Å². The normalized spacial score (nSPS) is 15.8. The second-order valence-electron chi connectivity index (χ2n) is 8.08. The molecule has 0 aliphatic heterocycles. The van der Waals surface area contributed by atoms with Crippen LogP contribution in [-0.4, -0.2) is 28.8 Å². The Balaban J connectivity index is 1.42. The fourth-order valence-corrected chi connectivity index (χ4v) is 4.28. The molecule has 7 heteroatoms. The molecule has 1 aliphatic carbocycles. The summed E-state index contributed by atoms with van der Waals surface area (Å²) in [6, 6.07) is 19.6. The van der Waals surface area contributed by atoms with E-state index in [0.717, 1.165) is 30.4 Å². The van der Waals surface area contributed by atoms with E-state index in [1.54, 1.807) is 18.2 Å². The summed E-state index contributed by atoms with van der Waals surface area (Å²) in [4.78, 5) is 11.4. The zero-order chi connectivity index (χ0) is 23.4. The van der Waals surface area contributed by atoms with Crippen LogP contribution in [-0.2, 0) is 12.8 Å². The molecule has 0 aromatic heterocycles. The molecule has 0 fully saturated rings. The van der Waals surface area contributed by atoms with Crippen molar-refractivity contribution in [2.24, 2.45) is 0 Å². The lowest BCUT2D eigenvalue weighted by Gasteiger charge is -2.27. The molecule has 0 bridgehead atoms. The molecule has 1 aliphatic rings. The second kappa shape index (κ2) is 10.1. The largest absolute Gasteiger partial charge is 0.478 e. The summed E-state index contributed by atoms with van der Waals surface area (Å²) in [5.41, 5.74) is 3.19. The first-order valence-electron chi connectivity index (χ1n) is 10.7. The molecular weight excluding hydrogens is 440 g/mol. The fraction of sp³-hybridized carbons (Fsp3) is 0.231. The summed E-state index contributed by atoms with van der Waals surface area (Å²) in [6.45, 7) is 0.430. The molecule has 3 N–H and O–H groups in total. The van der Waals surface area contributed by atoms with E-state index in [1.165, 1.54) is 17.7 Å². The Labute approximate surface area is 197 Å². The molecular formula is C26H23ClN2O4. The number of fused-ring (bicyclic) bond motifs is 1. The van der Waals surface area contributed by atoms with E-state index in [2.05, 4.69) is 5.32 Å². The van der Waals surface area contributed by atoms with E-state index < -0.39 is 12.1 Å². The Bertz CT molecular complexity index is 1220. The molecule has 0 radical (unpaired) electrons. The number of carbonyl (C=O) groups is 1. The number of rotatable bonds is 7. The van der Waals surface area contributed by atoms with Gasteiger partial charge in [0.25, 0.3) is 0 Å². The van der Waals surface area contributed by atoms with Crippen LogP contribution in [0.25, 0.3) is 0 Å². The Morgan fingerprint density at radius 1 is 1.15 bits per heavy atom. The highest BCUT2D eigenvalue weighted by Crippen LogP contribution is 2.30. The van der Waals surface area contributed by atoms with E-state index in [-0.39, 0.29) is 17.2 Å². The van der Waals surface area contributed by atoms with Crippen LogP contribution in [0.2, 0.25) is 5.02 Å².